The fourth-order valence-corrected chi connectivity index (χ4v) is 3.42. The normalized spacial score (nSPS) is 11.6. The number of esters is 2. The van der Waals surface area contributed by atoms with Crippen molar-refractivity contribution in [2.75, 3.05) is 6.61 Å². The van der Waals surface area contributed by atoms with Gasteiger partial charge in [0.25, 0.3) is 0 Å². The van der Waals surface area contributed by atoms with Gasteiger partial charge in [0, 0.05) is 7.05 Å². The van der Waals surface area contributed by atoms with Crippen molar-refractivity contribution >= 4 is 34.3 Å². The van der Waals surface area contributed by atoms with E-state index in [2.05, 4.69) is 10.1 Å². The fourth-order valence-electron chi connectivity index (χ4n) is 2.73. The lowest BCUT2D eigenvalue weighted by Crippen LogP contribution is -2.27. The molecule has 0 amide bonds. The van der Waals surface area contributed by atoms with Crippen LogP contribution in [0.4, 0.5) is 0 Å². The summed E-state index contributed by atoms with van der Waals surface area (Å²) in [6.07, 6.45) is 0. The SMILES string of the molecule is Cc1nn(C)c2nc(-c3cccs3)cc(C(=O)OCC(=O)OC(C)(C)C)c12. The van der Waals surface area contributed by atoms with E-state index in [0.717, 1.165) is 4.88 Å². The van der Waals surface area contributed by atoms with E-state index in [1.165, 1.54) is 11.3 Å². The molecule has 0 unspecified atom stereocenters. The Labute approximate surface area is 160 Å². The van der Waals surface area contributed by atoms with Crippen LogP contribution in [0, 0.1) is 6.92 Å². The molecule has 0 atom stereocenters. The van der Waals surface area contributed by atoms with Crippen LogP contribution in [0.25, 0.3) is 21.6 Å². The number of aromatic nitrogens is 3. The van der Waals surface area contributed by atoms with Gasteiger partial charge >= 0.3 is 11.9 Å². The van der Waals surface area contributed by atoms with E-state index in [0.29, 0.717) is 28.0 Å². The van der Waals surface area contributed by atoms with E-state index in [1.807, 2.05) is 17.5 Å². The Morgan fingerprint density at radius 3 is 2.67 bits per heavy atom. The summed E-state index contributed by atoms with van der Waals surface area (Å²) in [7, 11) is 1.77. The number of pyridine rings is 1. The number of ether oxygens (including phenoxy) is 2. The van der Waals surface area contributed by atoms with E-state index in [4.69, 9.17) is 9.47 Å². The van der Waals surface area contributed by atoms with Crippen LogP contribution in [-0.2, 0) is 21.3 Å². The average Bonchev–Trinajstić information content (AvgIpc) is 3.19. The predicted molar refractivity (Wildman–Crippen MR) is 103 cm³/mol. The molecule has 7 nitrogen and oxygen atoms in total. The van der Waals surface area contributed by atoms with Gasteiger partial charge in [0.1, 0.15) is 5.60 Å². The average molecular weight is 387 g/mol. The second kappa shape index (κ2) is 7.11. The van der Waals surface area contributed by atoms with E-state index in [-0.39, 0.29) is 0 Å². The highest BCUT2D eigenvalue weighted by Crippen LogP contribution is 2.29. The molecule has 3 rings (SSSR count). The van der Waals surface area contributed by atoms with Gasteiger partial charge in [-0.1, -0.05) is 6.07 Å². The molecule has 142 valence electrons. The van der Waals surface area contributed by atoms with Crippen LogP contribution < -0.4 is 0 Å². The third kappa shape index (κ3) is 4.16. The highest BCUT2D eigenvalue weighted by molar-refractivity contribution is 7.13. The number of thiophene rings is 1. The number of fused-ring (bicyclic) bond motifs is 1. The van der Waals surface area contributed by atoms with Gasteiger partial charge in [0.05, 0.1) is 27.2 Å². The Morgan fingerprint density at radius 2 is 2.04 bits per heavy atom. The van der Waals surface area contributed by atoms with Gasteiger partial charge in [0.15, 0.2) is 12.3 Å². The summed E-state index contributed by atoms with van der Waals surface area (Å²) in [5.41, 5.74) is 1.60. The van der Waals surface area contributed by atoms with Gasteiger partial charge in [-0.2, -0.15) is 5.10 Å². The van der Waals surface area contributed by atoms with Crippen LogP contribution in [0.1, 0.15) is 36.8 Å². The molecule has 0 fully saturated rings. The van der Waals surface area contributed by atoms with Crippen molar-refractivity contribution in [3.8, 4) is 10.6 Å². The molecular weight excluding hydrogens is 366 g/mol. The molecule has 0 radical (unpaired) electrons. The number of hydrogen-bond acceptors (Lipinski definition) is 7. The first-order chi connectivity index (χ1) is 12.7. The van der Waals surface area contributed by atoms with Gasteiger partial charge < -0.3 is 9.47 Å². The summed E-state index contributed by atoms with van der Waals surface area (Å²) in [6.45, 7) is 6.62. The second-order valence-electron chi connectivity index (χ2n) is 7.10. The van der Waals surface area contributed by atoms with Gasteiger partial charge in [0.2, 0.25) is 0 Å². The number of carbonyl (C=O) groups is 2. The Bertz CT molecular complexity index is 1000. The highest BCUT2D eigenvalue weighted by atomic mass is 32.1. The Kier molecular flexibility index (Phi) is 5.01. The van der Waals surface area contributed by atoms with Crippen LogP contribution in [0.3, 0.4) is 0 Å². The molecule has 0 saturated heterocycles. The zero-order valence-corrected chi connectivity index (χ0v) is 16.7. The third-order valence-electron chi connectivity index (χ3n) is 3.70. The first-order valence-electron chi connectivity index (χ1n) is 8.43. The molecular formula is C19H21N3O4S. The number of nitrogens with zero attached hydrogens (tertiary/aromatic N) is 3. The van der Waals surface area contributed by atoms with Crippen molar-refractivity contribution in [3.63, 3.8) is 0 Å². The first kappa shape index (κ1) is 19.0. The fraction of sp³-hybridized carbons (Fsp3) is 0.368. The molecule has 0 aliphatic heterocycles. The monoisotopic (exact) mass is 387 g/mol. The summed E-state index contributed by atoms with van der Waals surface area (Å²) in [5.74, 6) is -1.20. The van der Waals surface area contributed by atoms with E-state index in [1.54, 1.807) is 45.5 Å². The highest BCUT2D eigenvalue weighted by Gasteiger charge is 2.23. The number of carbonyl (C=O) groups excluding carboxylic acids is 2. The Morgan fingerprint density at radius 1 is 1.30 bits per heavy atom. The van der Waals surface area contributed by atoms with Crippen LogP contribution in [0.15, 0.2) is 23.6 Å². The molecule has 0 aliphatic carbocycles. The van der Waals surface area contributed by atoms with Crippen molar-refractivity contribution < 1.29 is 19.1 Å². The Balaban J connectivity index is 1.95. The first-order valence-corrected chi connectivity index (χ1v) is 9.31. The minimum Gasteiger partial charge on any atom is -0.457 e. The number of rotatable bonds is 4. The van der Waals surface area contributed by atoms with Gasteiger partial charge in [-0.05, 0) is 45.2 Å². The summed E-state index contributed by atoms with van der Waals surface area (Å²) >= 11 is 1.52. The largest absolute Gasteiger partial charge is 0.457 e. The van der Waals surface area contributed by atoms with Crippen molar-refractivity contribution in [1.29, 1.82) is 0 Å². The number of hydrogen-bond donors (Lipinski definition) is 0. The molecule has 3 aromatic rings. The van der Waals surface area contributed by atoms with Gasteiger partial charge in [-0.25, -0.2) is 14.6 Å². The zero-order chi connectivity index (χ0) is 19.8. The van der Waals surface area contributed by atoms with Crippen molar-refractivity contribution in [2.45, 2.75) is 33.3 Å². The lowest BCUT2D eigenvalue weighted by molar-refractivity contribution is -0.158. The molecule has 8 heteroatoms. The maximum absolute atomic E-state index is 12.7. The van der Waals surface area contributed by atoms with Gasteiger partial charge in [-0.15, -0.1) is 11.3 Å². The topological polar surface area (TPSA) is 83.3 Å². The summed E-state index contributed by atoms with van der Waals surface area (Å²) in [6, 6.07) is 5.53. The van der Waals surface area contributed by atoms with Crippen molar-refractivity contribution in [2.24, 2.45) is 7.05 Å². The summed E-state index contributed by atoms with van der Waals surface area (Å²) in [5, 5.41) is 6.92. The van der Waals surface area contributed by atoms with E-state index in [9.17, 15) is 9.59 Å². The Hall–Kier alpha value is -2.74. The van der Waals surface area contributed by atoms with Crippen LogP contribution >= 0.6 is 11.3 Å². The minimum atomic E-state index is -0.639. The molecule has 0 aromatic carbocycles. The summed E-state index contributed by atoms with van der Waals surface area (Å²) in [4.78, 5) is 30.1. The number of aryl methyl sites for hydroxylation is 2. The maximum atomic E-state index is 12.7. The van der Waals surface area contributed by atoms with Crippen molar-refractivity contribution in [1.82, 2.24) is 14.8 Å². The van der Waals surface area contributed by atoms with E-state index < -0.39 is 24.1 Å². The smallest absolute Gasteiger partial charge is 0.344 e. The van der Waals surface area contributed by atoms with Crippen LogP contribution in [0.2, 0.25) is 0 Å². The lowest BCUT2D eigenvalue weighted by atomic mass is 10.1. The van der Waals surface area contributed by atoms with E-state index >= 15 is 0 Å². The van der Waals surface area contributed by atoms with Crippen molar-refractivity contribution in [3.05, 3.63) is 34.8 Å². The molecule has 0 aliphatic rings. The standard InChI is InChI=1S/C19H21N3O4S/c1-11-16-12(18(24)25-10-15(23)26-19(2,3)4)9-13(14-7-6-8-27-14)20-17(16)22(5)21-11/h6-9H,10H2,1-5H3. The summed E-state index contributed by atoms with van der Waals surface area (Å²) < 4.78 is 12.0. The molecule has 0 bridgehead atoms. The quantitative estimate of drug-likeness (QED) is 0.637. The molecule has 0 saturated carbocycles. The maximum Gasteiger partial charge on any atom is 0.344 e. The van der Waals surface area contributed by atoms with Crippen LogP contribution in [-0.4, -0.2) is 38.9 Å². The molecule has 0 spiro atoms. The minimum absolute atomic E-state index is 0.331. The van der Waals surface area contributed by atoms with Crippen LogP contribution in [0.5, 0.6) is 0 Å². The van der Waals surface area contributed by atoms with Gasteiger partial charge in [-0.3, -0.25) is 4.68 Å². The second-order valence-corrected chi connectivity index (χ2v) is 8.05. The molecule has 3 heterocycles. The molecule has 3 aromatic heterocycles. The molecule has 0 N–H and O–H groups in total. The molecule has 27 heavy (non-hydrogen) atoms. The third-order valence-corrected chi connectivity index (χ3v) is 4.60. The zero-order valence-electron chi connectivity index (χ0n) is 15.9. The lowest BCUT2D eigenvalue weighted by Gasteiger charge is -2.19. The predicted octanol–water partition coefficient (Wildman–Crippen LogP) is 3.50.